The predicted molar refractivity (Wildman–Crippen MR) is 41.7 cm³/mol. The van der Waals surface area contributed by atoms with Gasteiger partial charge in [-0.1, -0.05) is 0 Å². The minimum atomic E-state index is -0.375. The topological polar surface area (TPSA) is 12.0 Å². The quantitative estimate of drug-likeness (QED) is 0.678. The normalized spacial score (nSPS) is 22.0. The van der Waals surface area contributed by atoms with Crippen LogP contribution in [0.1, 0.15) is 18.0 Å². The number of hydrogen-bond donors (Lipinski definition) is 1. The molecule has 1 aliphatic rings. The molecule has 1 aromatic rings. The zero-order valence-electron chi connectivity index (χ0n) is 6.48. The fourth-order valence-corrected chi connectivity index (χ4v) is 1.34. The van der Waals surface area contributed by atoms with Crippen molar-refractivity contribution in [3.63, 3.8) is 0 Å². The molecule has 0 unspecified atom stereocenters. The Morgan fingerprint density at radius 1 is 1.33 bits per heavy atom. The summed E-state index contributed by atoms with van der Waals surface area (Å²) in [5, 5.41) is 3.02. The highest BCUT2D eigenvalue weighted by Gasteiger charge is 2.21. The molecule has 0 spiro atoms. The third kappa shape index (κ3) is 1.20. The molecule has 1 N–H and O–H groups in total. The van der Waals surface area contributed by atoms with Crippen LogP contribution in [0.5, 0.6) is 0 Å². The van der Waals surface area contributed by atoms with Crippen LogP contribution in [0.25, 0.3) is 0 Å². The van der Waals surface area contributed by atoms with E-state index in [1.54, 1.807) is 0 Å². The SMILES string of the molecule is Fc1ccc(F)c([C@H]2CCN2)c1. The summed E-state index contributed by atoms with van der Waals surface area (Å²) in [7, 11) is 0. The van der Waals surface area contributed by atoms with E-state index >= 15 is 0 Å². The number of rotatable bonds is 1. The molecule has 0 amide bonds. The molecule has 0 radical (unpaired) electrons. The van der Waals surface area contributed by atoms with Gasteiger partial charge in [-0.3, -0.25) is 0 Å². The van der Waals surface area contributed by atoms with Crippen molar-refractivity contribution >= 4 is 0 Å². The van der Waals surface area contributed by atoms with E-state index in [9.17, 15) is 8.78 Å². The molecule has 0 saturated carbocycles. The van der Waals surface area contributed by atoms with Gasteiger partial charge >= 0.3 is 0 Å². The second-order valence-electron chi connectivity index (χ2n) is 2.96. The highest BCUT2D eigenvalue weighted by Crippen LogP contribution is 2.25. The smallest absolute Gasteiger partial charge is 0.128 e. The van der Waals surface area contributed by atoms with Crippen LogP contribution in [0.15, 0.2) is 18.2 Å². The third-order valence-corrected chi connectivity index (χ3v) is 2.16. The summed E-state index contributed by atoms with van der Waals surface area (Å²) in [5.74, 6) is -0.700. The van der Waals surface area contributed by atoms with Crippen molar-refractivity contribution in [2.24, 2.45) is 0 Å². The van der Waals surface area contributed by atoms with Crippen LogP contribution in [0, 0.1) is 11.6 Å². The Morgan fingerprint density at radius 2 is 2.08 bits per heavy atom. The van der Waals surface area contributed by atoms with Gasteiger partial charge in [-0.15, -0.1) is 0 Å². The van der Waals surface area contributed by atoms with Gasteiger partial charge in [-0.2, -0.15) is 0 Å². The lowest BCUT2D eigenvalue weighted by atomic mass is 9.97. The molecular weight excluding hydrogens is 160 g/mol. The highest BCUT2D eigenvalue weighted by molar-refractivity contribution is 5.23. The van der Waals surface area contributed by atoms with E-state index in [4.69, 9.17) is 0 Å². The first-order chi connectivity index (χ1) is 5.77. The molecule has 1 fully saturated rings. The van der Waals surface area contributed by atoms with Gasteiger partial charge in [0.1, 0.15) is 11.6 Å². The molecule has 1 atom stereocenters. The lowest BCUT2D eigenvalue weighted by Gasteiger charge is -2.28. The van der Waals surface area contributed by atoms with Crippen LogP contribution in [0.2, 0.25) is 0 Å². The summed E-state index contributed by atoms with van der Waals surface area (Å²) in [6, 6.07) is 3.58. The molecule has 1 heterocycles. The molecule has 1 nitrogen and oxygen atoms in total. The first-order valence-corrected chi connectivity index (χ1v) is 3.96. The lowest BCUT2D eigenvalue weighted by Crippen LogP contribution is -2.35. The Hall–Kier alpha value is -0.960. The van der Waals surface area contributed by atoms with Gasteiger partial charge in [0.25, 0.3) is 0 Å². The number of hydrogen-bond acceptors (Lipinski definition) is 1. The van der Waals surface area contributed by atoms with Crippen molar-refractivity contribution in [3.8, 4) is 0 Å². The predicted octanol–water partition coefficient (Wildman–Crippen LogP) is 2.00. The third-order valence-electron chi connectivity index (χ3n) is 2.16. The lowest BCUT2D eigenvalue weighted by molar-refractivity contribution is 0.368. The van der Waals surface area contributed by atoms with E-state index in [1.807, 2.05) is 0 Å². The number of halogens is 2. The van der Waals surface area contributed by atoms with Crippen LogP contribution >= 0.6 is 0 Å². The molecule has 3 heteroatoms. The molecule has 1 saturated heterocycles. The highest BCUT2D eigenvalue weighted by atomic mass is 19.1. The van der Waals surface area contributed by atoms with Crippen molar-refractivity contribution in [2.75, 3.05) is 6.54 Å². The molecule has 1 aliphatic heterocycles. The van der Waals surface area contributed by atoms with Crippen molar-refractivity contribution in [1.82, 2.24) is 5.32 Å². The summed E-state index contributed by atoms with van der Waals surface area (Å²) in [6.45, 7) is 0.890. The van der Waals surface area contributed by atoms with Gasteiger partial charge in [-0.25, -0.2) is 8.78 Å². The zero-order chi connectivity index (χ0) is 8.55. The van der Waals surface area contributed by atoms with Crippen LogP contribution in [0.3, 0.4) is 0 Å². The summed E-state index contributed by atoms with van der Waals surface area (Å²) >= 11 is 0. The number of nitrogens with one attached hydrogen (secondary N) is 1. The van der Waals surface area contributed by atoms with E-state index in [-0.39, 0.29) is 17.7 Å². The van der Waals surface area contributed by atoms with Crippen molar-refractivity contribution in [3.05, 3.63) is 35.4 Å². The Balaban J connectivity index is 2.34. The Bertz CT molecular complexity index is 295. The van der Waals surface area contributed by atoms with Crippen molar-refractivity contribution in [2.45, 2.75) is 12.5 Å². The second-order valence-corrected chi connectivity index (χ2v) is 2.96. The van der Waals surface area contributed by atoms with Gasteiger partial charge in [0.2, 0.25) is 0 Å². The van der Waals surface area contributed by atoms with Crippen LogP contribution in [-0.4, -0.2) is 6.54 Å². The summed E-state index contributed by atoms with van der Waals surface area (Å²) in [6.07, 6.45) is 0.889. The molecule has 64 valence electrons. The monoisotopic (exact) mass is 169 g/mol. The van der Waals surface area contributed by atoms with E-state index in [2.05, 4.69) is 5.32 Å². The molecule has 0 bridgehead atoms. The maximum absolute atomic E-state index is 13.0. The Kier molecular flexibility index (Phi) is 1.81. The maximum atomic E-state index is 13.0. The fraction of sp³-hybridized carbons (Fsp3) is 0.333. The summed E-state index contributed by atoms with van der Waals surface area (Å²) in [5.41, 5.74) is 0.446. The number of benzene rings is 1. The molecule has 12 heavy (non-hydrogen) atoms. The first-order valence-electron chi connectivity index (χ1n) is 3.96. The minimum absolute atomic E-state index is 0.0145. The van der Waals surface area contributed by atoms with Crippen LogP contribution in [-0.2, 0) is 0 Å². The molecule has 1 aromatic carbocycles. The van der Waals surface area contributed by atoms with Crippen LogP contribution < -0.4 is 5.32 Å². The molecular formula is C9H9F2N. The van der Waals surface area contributed by atoms with Gasteiger partial charge in [0.15, 0.2) is 0 Å². The van der Waals surface area contributed by atoms with Gasteiger partial charge in [-0.05, 0) is 31.2 Å². The largest absolute Gasteiger partial charge is 0.310 e. The first kappa shape index (κ1) is 7.68. The average Bonchev–Trinajstić information content (AvgIpc) is 1.93. The summed E-state index contributed by atoms with van der Waals surface area (Å²) in [4.78, 5) is 0. The summed E-state index contributed by atoms with van der Waals surface area (Å²) < 4.78 is 25.7. The maximum Gasteiger partial charge on any atom is 0.128 e. The van der Waals surface area contributed by atoms with Crippen LogP contribution in [0.4, 0.5) is 8.78 Å². The van der Waals surface area contributed by atoms with E-state index in [0.29, 0.717) is 5.56 Å². The van der Waals surface area contributed by atoms with E-state index < -0.39 is 0 Å². The van der Waals surface area contributed by atoms with E-state index in [0.717, 1.165) is 19.0 Å². The molecule has 0 aromatic heterocycles. The zero-order valence-corrected chi connectivity index (χ0v) is 6.48. The standard InChI is InChI=1S/C9H9F2N/c10-6-1-2-8(11)7(5-6)9-3-4-12-9/h1-2,5,9,12H,3-4H2/t9-/m1/s1. The van der Waals surface area contributed by atoms with Crippen molar-refractivity contribution < 1.29 is 8.78 Å². The van der Waals surface area contributed by atoms with Gasteiger partial charge in [0, 0.05) is 11.6 Å². The molecule has 2 rings (SSSR count). The average molecular weight is 169 g/mol. The minimum Gasteiger partial charge on any atom is -0.310 e. The van der Waals surface area contributed by atoms with E-state index in [1.165, 1.54) is 12.1 Å². The Morgan fingerprint density at radius 3 is 2.67 bits per heavy atom. The fourth-order valence-electron chi connectivity index (χ4n) is 1.34. The van der Waals surface area contributed by atoms with Gasteiger partial charge < -0.3 is 5.32 Å². The Labute approximate surface area is 69.4 Å². The van der Waals surface area contributed by atoms with Gasteiger partial charge in [0.05, 0.1) is 0 Å². The molecule has 0 aliphatic carbocycles. The second kappa shape index (κ2) is 2.83. The van der Waals surface area contributed by atoms with Crippen molar-refractivity contribution in [1.29, 1.82) is 0 Å².